The Morgan fingerprint density at radius 1 is 0.710 bits per heavy atom. The number of ether oxygens (including phenoxy) is 4. The zero-order chi connectivity index (χ0) is 22.2. The Morgan fingerprint density at radius 2 is 1.32 bits per heavy atom. The molecule has 0 aliphatic carbocycles. The molecule has 0 saturated heterocycles. The Hall–Kier alpha value is -4.06. The summed E-state index contributed by atoms with van der Waals surface area (Å²) in [6.45, 7) is 0. The van der Waals surface area contributed by atoms with Gasteiger partial charge in [0.05, 0.1) is 21.3 Å². The zero-order valence-electron chi connectivity index (χ0n) is 17.5. The van der Waals surface area contributed by atoms with Gasteiger partial charge in [0.2, 0.25) is 0 Å². The van der Waals surface area contributed by atoms with Gasteiger partial charge < -0.3 is 18.9 Å². The van der Waals surface area contributed by atoms with Crippen LogP contribution in [0, 0.1) is 0 Å². The van der Waals surface area contributed by atoms with Crippen molar-refractivity contribution in [2.75, 3.05) is 21.3 Å². The normalized spacial score (nSPS) is 10.5. The van der Waals surface area contributed by atoms with E-state index in [1.165, 1.54) is 20.3 Å². The fourth-order valence-electron chi connectivity index (χ4n) is 2.93. The monoisotopic (exact) mass is 418 g/mol. The minimum atomic E-state index is -0.628. The van der Waals surface area contributed by atoms with Gasteiger partial charge in [-0.2, -0.15) is 0 Å². The van der Waals surface area contributed by atoms with Gasteiger partial charge in [0.25, 0.3) is 0 Å². The summed E-state index contributed by atoms with van der Waals surface area (Å²) in [4.78, 5) is 25.3. The van der Waals surface area contributed by atoms with Gasteiger partial charge in [0, 0.05) is 11.1 Å². The lowest BCUT2D eigenvalue weighted by Gasteiger charge is -2.13. The van der Waals surface area contributed by atoms with Crippen LogP contribution in [0.1, 0.15) is 26.3 Å². The molecule has 0 fully saturated rings. The summed E-state index contributed by atoms with van der Waals surface area (Å²) in [5.74, 6) is 0.842. The Balaban J connectivity index is 1.83. The molecule has 3 rings (SSSR count). The molecule has 0 N–H and O–H groups in total. The smallest absolute Gasteiger partial charge is 0.351 e. The van der Waals surface area contributed by atoms with Crippen LogP contribution in [0.4, 0.5) is 0 Å². The first-order chi connectivity index (χ1) is 15.1. The highest BCUT2D eigenvalue weighted by atomic mass is 16.5. The van der Waals surface area contributed by atoms with Crippen LogP contribution in [0.5, 0.6) is 23.0 Å². The van der Waals surface area contributed by atoms with E-state index in [2.05, 4.69) is 0 Å². The molecule has 0 saturated carbocycles. The molecule has 6 heteroatoms. The number of allylic oxidation sites excluding steroid dienone is 1. The quantitative estimate of drug-likeness (QED) is 0.226. The van der Waals surface area contributed by atoms with E-state index in [1.54, 1.807) is 79.9 Å². The summed E-state index contributed by atoms with van der Waals surface area (Å²) in [5, 5.41) is 0. The van der Waals surface area contributed by atoms with Crippen molar-refractivity contribution in [1.29, 1.82) is 0 Å². The van der Waals surface area contributed by atoms with E-state index in [-0.39, 0.29) is 11.3 Å². The third-order valence-corrected chi connectivity index (χ3v) is 4.54. The van der Waals surface area contributed by atoms with Gasteiger partial charge in [-0.25, -0.2) is 4.79 Å². The van der Waals surface area contributed by atoms with E-state index in [9.17, 15) is 9.59 Å². The highest BCUT2D eigenvalue weighted by Gasteiger charge is 2.21. The Labute approximate surface area is 180 Å². The van der Waals surface area contributed by atoms with Crippen LogP contribution in [0.15, 0.2) is 72.8 Å². The highest BCUT2D eigenvalue weighted by Crippen LogP contribution is 2.30. The van der Waals surface area contributed by atoms with Crippen molar-refractivity contribution in [3.05, 3.63) is 89.5 Å². The van der Waals surface area contributed by atoms with E-state index >= 15 is 0 Å². The Bertz CT molecular complexity index is 1080. The SMILES string of the molecule is COc1ccc(C(=O)C=Cc2ccccc2OC(=O)c2c(OC)cccc2OC)cc1. The maximum atomic E-state index is 12.9. The van der Waals surface area contributed by atoms with Crippen molar-refractivity contribution in [2.45, 2.75) is 0 Å². The number of hydrogen-bond acceptors (Lipinski definition) is 6. The number of hydrogen-bond donors (Lipinski definition) is 0. The molecule has 0 spiro atoms. The number of para-hydroxylation sites is 1. The fraction of sp³-hybridized carbons (Fsp3) is 0.120. The van der Waals surface area contributed by atoms with Crippen LogP contribution in [0.2, 0.25) is 0 Å². The number of methoxy groups -OCH3 is 3. The van der Waals surface area contributed by atoms with Crippen molar-refractivity contribution in [1.82, 2.24) is 0 Å². The molecule has 0 heterocycles. The Kier molecular flexibility index (Phi) is 7.06. The van der Waals surface area contributed by atoms with Gasteiger partial charge in [0.1, 0.15) is 28.6 Å². The molecule has 0 aliphatic heterocycles. The zero-order valence-corrected chi connectivity index (χ0v) is 17.5. The summed E-state index contributed by atoms with van der Waals surface area (Å²) in [6.07, 6.45) is 3.03. The summed E-state index contributed by atoms with van der Waals surface area (Å²) >= 11 is 0. The number of carbonyl (C=O) groups is 2. The molecular weight excluding hydrogens is 396 g/mol. The average molecular weight is 418 g/mol. The second-order valence-corrected chi connectivity index (χ2v) is 6.39. The topological polar surface area (TPSA) is 71.1 Å². The van der Waals surface area contributed by atoms with Gasteiger partial charge in [-0.3, -0.25) is 4.79 Å². The average Bonchev–Trinajstić information content (AvgIpc) is 2.82. The highest BCUT2D eigenvalue weighted by molar-refractivity contribution is 6.07. The number of ketones is 1. The van der Waals surface area contributed by atoms with Crippen molar-refractivity contribution in [3.8, 4) is 23.0 Å². The molecule has 158 valence electrons. The summed E-state index contributed by atoms with van der Waals surface area (Å²) in [6, 6.07) is 18.8. The van der Waals surface area contributed by atoms with Gasteiger partial charge >= 0.3 is 5.97 Å². The summed E-state index contributed by atoms with van der Waals surface area (Å²) in [5.41, 5.74) is 1.28. The number of rotatable bonds is 8. The molecule has 0 aliphatic rings. The predicted molar refractivity (Wildman–Crippen MR) is 117 cm³/mol. The molecule has 0 atom stereocenters. The fourth-order valence-corrected chi connectivity index (χ4v) is 2.93. The molecule has 31 heavy (non-hydrogen) atoms. The standard InChI is InChI=1S/C25H22O6/c1-28-19-14-11-17(12-15-19)20(26)16-13-18-7-4-5-8-21(18)31-25(27)24-22(29-2)9-6-10-23(24)30-3/h4-16H,1-3H3. The maximum Gasteiger partial charge on any atom is 0.351 e. The minimum Gasteiger partial charge on any atom is -0.497 e. The van der Waals surface area contributed by atoms with Crippen LogP contribution < -0.4 is 18.9 Å². The number of carbonyl (C=O) groups excluding carboxylic acids is 2. The molecular formula is C25H22O6. The van der Waals surface area contributed by atoms with Crippen molar-refractivity contribution in [2.24, 2.45) is 0 Å². The first kappa shape index (κ1) is 21.6. The van der Waals surface area contributed by atoms with Crippen LogP contribution >= 0.6 is 0 Å². The molecule has 0 amide bonds. The van der Waals surface area contributed by atoms with Crippen molar-refractivity contribution in [3.63, 3.8) is 0 Å². The van der Waals surface area contributed by atoms with E-state index in [4.69, 9.17) is 18.9 Å². The lowest BCUT2D eigenvalue weighted by atomic mass is 10.1. The summed E-state index contributed by atoms with van der Waals surface area (Å²) in [7, 11) is 4.50. The van der Waals surface area contributed by atoms with E-state index in [0.29, 0.717) is 34.1 Å². The summed E-state index contributed by atoms with van der Waals surface area (Å²) < 4.78 is 21.3. The largest absolute Gasteiger partial charge is 0.497 e. The molecule has 3 aromatic carbocycles. The second kappa shape index (κ2) is 10.1. The van der Waals surface area contributed by atoms with E-state index in [0.717, 1.165) is 0 Å². The number of esters is 1. The first-order valence-electron chi connectivity index (χ1n) is 9.46. The van der Waals surface area contributed by atoms with E-state index < -0.39 is 5.97 Å². The van der Waals surface area contributed by atoms with Crippen LogP contribution in [0.25, 0.3) is 6.08 Å². The third-order valence-electron chi connectivity index (χ3n) is 4.54. The van der Waals surface area contributed by atoms with Crippen molar-refractivity contribution < 1.29 is 28.5 Å². The first-order valence-corrected chi connectivity index (χ1v) is 9.46. The molecule has 0 unspecified atom stereocenters. The van der Waals surface area contributed by atoms with Gasteiger partial charge in [-0.1, -0.05) is 24.3 Å². The molecule has 0 radical (unpaired) electrons. The van der Waals surface area contributed by atoms with E-state index in [1.807, 2.05) is 0 Å². The van der Waals surface area contributed by atoms with Crippen molar-refractivity contribution >= 4 is 17.8 Å². The molecule has 3 aromatic rings. The molecule has 0 bridgehead atoms. The minimum absolute atomic E-state index is 0.181. The maximum absolute atomic E-state index is 12.9. The van der Waals surface area contributed by atoms with Crippen LogP contribution in [-0.2, 0) is 0 Å². The lowest BCUT2D eigenvalue weighted by molar-refractivity contribution is 0.0727. The van der Waals surface area contributed by atoms with Crippen LogP contribution in [0.3, 0.4) is 0 Å². The molecule has 0 aromatic heterocycles. The lowest BCUT2D eigenvalue weighted by Crippen LogP contribution is -2.12. The predicted octanol–water partition coefficient (Wildman–Crippen LogP) is 4.83. The Morgan fingerprint density at radius 3 is 1.94 bits per heavy atom. The third kappa shape index (κ3) is 5.11. The number of benzene rings is 3. The molecule has 6 nitrogen and oxygen atoms in total. The van der Waals surface area contributed by atoms with Gasteiger partial charge in [-0.05, 0) is 54.6 Å². The van der Waals surface area contributed by atoms with Gasteiger partial charge in [-0.15, -0.1) is 0 Å². The van der Waals surface area contributed by atoms with Crippen LogP contribution in [-0.4, -0.2) is 33.1 Å². The van der Waals surface area contributed by atoms with Gasteiger partial charge in [0.15, 0.2) is 5.78 Å². The second-order valence-electron chi connectivity index (χ2n) is 6.39.